The van der Waals surface area contributed by atoms with Gasteiger partial charge in [-0.2, -0.15) is 0 Å². The van der Waals surface area contributed by atoms with Gasteiger partial charge < -0.3 is 18.6 Å². The summed E-state index contributed by atoms with van der Waals surface area (Å²) in [5, 5.41) is 0. The van der Waals surface area contributed by atoms with Crippen LogP contribution in [-0.4, -0.2) is 34.0 Å². The summed E-state index contributed by atoms with van der Waals surface area (Å²) in [6, 6.07) is 7.70. The van der Waals surface area contributed by atoms with E-state index in [4.69, 9.17) is 14.1 Å². The smallest absolute Gasteiger partial charge is 0.224 e. The van der Waals surface area contributed by atoms with E-state index in [1.54, 1.807) is 19.6 Å². The van der Waals surface area contributed by atoms with E-state index in [2.05, 4.69) is 11.5 Å². The zero-order chi connectivity index (χ0) is 18.1. The molecule has 1 fully saturated rings. The van der Waals surface area contributed by atoms with E-state index in [0.717, 1.165) is 47.6 Å². The van der Waals surface area contributed by atoms with Gasteiger partial charge in [-0.25, -0.2) is 4.98 Å². The van der Waals surface area contributed by atoms with Gasteiger partial charge in [-0.1, -0.05) is 13.3 Å². The van der Waals surface area contributed by atoms with E-state index < -0.39 is 0 Å². The first-order chi connectivity index (χ1) is 12.7. The predicted molar refractivity (Wildman–Crippen MR) is 98.7 cm³/mol. The van der Waals surface area contributed by atoms with Crippen molar-refractivity contribution in [1.29, 1.82) is 0 Å². The minimum absolute atomic E-state index is 0.214. The largest absolute Gasteiger partial charge is 0.497 e. The topological polar surface area (TPSA) is 60.5 Å². The van der Waals surface area contributed by atoms with Crippen molar-refractivity contribution in [3.8, 4) is 17.1 Å². The molecule has 136 valence electrons. The van der Waals surface area contributed by atoms with Crippen LogP contribution in [0.1, 0.15) is 26.2 Å². The van der Waals surface area contributed by atoms with E-state index in [1.165, 1.54) is 0 Å². The molecule has 0 spiro atoms. The third-order valence-electron chi connectivity index (χ3n) is 5.04. The van der Waals surface area contributed by atoms with Crippen LogP contribution < -0.4 is 4.74 Å². The molecule has 6 heteroatoms. The molecular weight excluding hydrogens is 330 g/mol. The van der Waals surface area contributed by atoms with Gasteiger partial charge in [0.05, 0.1) is 36.6 Å². The molecule has 6 nitrogen and oxygen atoms in total. The molecule has 0 radical (unpaired) electrons. The van der Waals surface area contributed by atoms with Crippen LogP contribution in [0.2, 0.25) is 0 Å². The summed E-state index contributed by atoms with van der Waals surface area (Å²) in [5.74, 6) is 2.24. The molecule has 1 unspecified atom stereocenters. The molecule has 0 N–H and O–H groups in total. The Kier molecular flexibility index (Phi) is 4.41. The summed E-state index contributed by atoms with van der Waals surface area (Å²) in [6.45, 7) is 3.46. The number of amides is 1. The number of ether oxygens (including phenoxy) is 1. The van der Waals surface area contributed by atoms with Gasteiger partial charge >= 0.3 is 0 Å². The summed E-state index contributed by atoms with van der Waals surface area (Å²) in [7, 11) is 1.65. The van der Waals surface area contributed by atoms with Crippen molar-refractivity contribution < 1.29 is 13.9 Å². The van der Waals surface area contributed by atoms with Gasteiger partial charge in [0.15, 0.2) is 0 Å². The van der Waals surface area contributed by atoms with Crippen LogP contribution in [0.4, 0.5) is 0 Å². The SMILES string of the molecule is CCCC1CC(=O)N(Cn2c(-c3ccoc3)nc3ccc(OC)cc32)C1. The molecule has 0 aliphatic carbocycles. The fraction of sp³-hybridized carbons (Fsp3) is 0.400. The highest BCUT2D eigenvalue weighted by atomic mass is 16.5. The lowest BCUT2D eigenvalue weighted by molar-refractivity contribution is -0.129. The number of rotatable bonds is 6. The maximum Gasteiger partial charge on any atom is 0.224 e. The second-order valence-electron chi connectivity index (χ2n) is 6.85. The number of hydrogen-bond acceptors (Lipinski definition) is 4. The first-order valence-electron chi connectivity index (χ1n) is 9.04. The Morgan fingerprint density at radius 1 is 1.35 bits per heavy atom. The molecule has 3 heterocycles. The monoisotopic (exact) mass is 353 g/mol. The Bertz CT molecular complexity index is 914. The molecule has 0 bridgehead atoms. The number of carbonyl (C=O) groups excluding carboxylic acids is 1. The molecule has 1 aliphatic heterocycles. The van der Waals surface area contributed by atoms with E-state index in [9.17, 15) is 4.79 Å². The van der Waals surface area contributed by atoms with Crippen LogP contribution in [0.5, 0.6) is 5.75 Å². The fourth-order valence-electron chi connectivity index (χ4n) is 3.75. The summed E-state index contributed by atoms with van der Waals surface area (Å²) in [4.78, 5) is 19.2. The number of nitrogens with zero attached hydrogens (tertiary/aromatic N) is 3. The van der Waals surface area contributed by atoms with Gasteiger partial charge in [-0.05, 0) is 30.5 Å². The van der Waals surface area contributed by atoms with Gasteiger partial charge in [0, 0.05) is 19.0 Å². The first-order valence-corrected chi connectivity index (χ1v) is 9.04. The third-order valence-corrected chi connectivity index (χ3v) is 5.04. The maximum absolute atomic E-state index is 12.5. The molecule has 4 rings (SSSR count). The van der Waals surface area contributed by atoms with E-state index in [-0.39, 0.29) is 5.91 Å². The minimum atomic E-state index is 0.214. The normalized spacial score (nSPS) is 17.4. The predicted octanol–water partition coefficient (Wildman–Crippen LogP) is 3.91. The van der Waals surface area contributed by atoms with Gasteiger partial charge in [0.1, 0.15) is 17.8 Å². The van der Waals surface area contributed by atoms with E-state index in [0.29, 0.717) is 19.0 Å². The molecule has 26 heavy (non-hydrogen) atoms. The average molecular weight is 353 g/mol. The number of imidazole rings is 1. The van der Waals surface area contributed by atoms with E-state index in [1.807, 2.05) is 29.2 Å². The highest BCUT2D eigenvalue weighted by Crippen LogP contribution is 2.30. The number of furan rings is 1. The number of likely N-dealkylation sites (tertiary alicyclic amines) is 1. The molecular formula is C20H23N3O3. The average Bonchev–Trinajstić information content (AvgIpc) is 3.35. The Balaban J connectivity index is 1.74. The zero-order valence-electron chi connectivity index (χ0n) is 15.1. The number of hydrogen-bond donors (Lipinski definition) is 0. The summed E-state index contributed by atoms with van der Waals surface area (Å²) in [6.07, 6.45) is 6.16. The van der Waals surface area contributed by atoms with Crippen molar-refractivity contribution in [1.82, 2.24) is 14.5 Å². The Labute approximate surface area is 152 Å². The molecule has 1 amide bonds. The Morgan fingerprint density at radius 2 is 2.23 bits per heavy atom. The summed E-state index contributed by atoms with van der Waals surface area (Å²) < 4.78 is 12.7. The summed E-state index contributed by atoms with van der Waals surface area (Å²) >= 11 is 0. The van der Waals surface area contributed by atoms with Crippen molar-refractivity contribution in [3.05, 3.63) is 36.8 Å². The van der Waals surface area contributed by atoms with Crippen molar-refractivity contribution in [2.45, 2.75) is 32.9 Å². The molecule has 1 saturated heterocycles. The van der Waals surface area contributed by atoms with Crippen molar-refractivity contribution >= 4 is 16.9 Å². The Morgan fingerprint density at radius 3 is 2.96 bits per heavy atom. The zero-order valence-corrected chi connectivity index (χ0v) is 15.1. The second kappa shape index (κ2) is 6.86. The number of benzene rings is 1. The van der Waals surface area contributed by atoms with Gasteiger partial charge in [-0.3, -0.25) is 4.79 Å². The van der Waals surface area contributed by atoms with Crippen molar-refractivity contribution in [2.24, 2.45) is 5.92 Å². The van der Waals surface area contributed by atoms with Crippen molar-refractivity contribution in [2.75, 3.05) is 13.7 Å². The first kappa shape index (κ1) is 16.7. The fourth-order valence-corrected chi connectivity index (χ4v) is 3.75. The van der Waals surface area contributed by atoms with Crippen LogP contribution in [0.15, 0.2) is 41.2 Å². The van der Waals surface area contributed by atoms with Gasteiger partial charge in [0.25, 0.3) is 0 Å². The summed E-state index contributed by atoms with van der Waals surface area (Å²) in [5.41, 5.74) is 2.72. The molecule has 1 atom stereocenters. The second-order valence-corrected chi connectivity index (χ2v) is 6.85. The van der Waals surface area contributed by atoms with Gasteiger partial charge in [-0.15, -0.1) is 0 Å². The van der Waals surface area contributed by atoms with Crippen molar-refractivity contribution in [3.63, 3.8) is 0 Å². The number of carbonyl (C=O) groups is 1. The number of fused-ring (bicyclic) bond motifs is 1. The van der Waals surface area contributed by atoms with Crippen LogP contribution in [-0.2, 0) is 11.5 Å². The van der Waals surface area contributed by atoms with Crippen LogP contribution >= 0.6 is 0 Å². The number of aromatic nitrogens is 2. The lowest BCUT2D eigenvalue weighted by Gasteiger charge is -2.19. The van der Waals surface area contributed by atoms with Crippen LogP contribution in [0.25, 0.3) is 22.4 Å². The van der Waals surface area contributed by atoms with Gasteiger partial charge in [0.2, 0.25) is 5.91 Å². The van der Waals surface area contributed by atoms with E-state index >= 15 is 0 Å². The van der Waals surface area contributed by atoms with Crippen LogP contribution in [0.3, 0.4) is 0 Å². The molecule has 2 aromatic heterocycles. The molecule has 0 saturated carbocycles. The lowest BCUT2D eigenvalue weighted by Crippen LogP contribution is -2.28. The molecule has 1 aromatic carbocycles. The number of methoxy groups -OCH3 is 1. The standard InChI is InChI=1S/C20H23N3O3/c1-3-4-14-9-19(24)22(11-14)13-23-18-10-16(25-2)5-6-17(18)21-20(23)15-7-8-26-12-15/h5-8,10,12,14H,3-4,9,11,13H2,1-2H3. The molecule has 3 aromatic rings. The third kappa shape index (κ3) is 2.96. The molecule has 1 aliphatic rings. The quantitative estimate of drug-likeness (QED) is 0.674. The van der Waals surface area contributed by atoms with Crippen LogP contribution in [0, 0.1) is 5.92 Å². The Hall–Kier alpha value is -2.76. The maximum atomic E-state index is 12.5. The minimum Gasteiger partial charge on any atom is -0.497 e. The lowest BCUT2D eigenvalue weighted by atomic mass is 10.0. The highest BCUT2D eigenvalue weighted by Gasteiger charge is 2.30. The highest BCUT2D eigenvalue weighted by molar-refractivity contribution is 5.83.